The van der Waals surface area contributed by atoms with Crippen LogP contribution in [0.1, 0.15) is 22.4 Å². The SMILES string of the molecule is Cc1cccc(-c2nc(CC(=O)N3CCN(CC(=O)Nc4c(C)cccc4C)CC3)cs2)c1. The van der Waals surface area contributed by atoms with Crippen molar-refractivity contribution in [3.63, 3.8) is 0 Å². The smallest absolute Gasteiger partial charge is 0.238 e. The molecule has 1 aliphatic heterocycles. The molecule has 1 fully saturated rings. The normalized spacial score (nSPS) is 14.3. The average Bonchev–Trinajstić information content (AvgIpc) is 3.25. The van der Waals surface area contributed by atoms with E-state index < -0.39 is 0 Å². The molecule has 6 nitrogen and oxygen atoms in total. The maximum Gasteiger partial charge on any atom is 0.238 e. The summed E-state index contributed by atoms with van der Waals surface area (Å²) in [6.45, 7) is 9.04. The summed E-state index contributed by atoms with van der Waals surface area (Å²) in [7, 11) is 0. The van der Waals surface area contributed by atoms with E-state index in [1.807, 2.05) is 54.5 Å². The van der Waals surface area contributed by atoms with Crippen LogP contribution in [-0.4, -0.2) is 59.3 Å². The number of rotatable bonds is 6. The first kappa shape index (κ1) is 23.1. The molecule has 0 radical (unpaired) electrons. The van der Waals surface area contributed by atoms with Gasteiger partial charge < -0.3 is 10.2 Å². The maximum atomic E-state index is 12.8. The summed E-state index contributed by atoms with van der Waals surface area (Å²) in [5.74, 6) is 0.0778. The number of hydrogen-bond acceptors (Lipinski definition) is 5. The summed E-state index contributed by atoms with van der Waals surface area (Å²) >= 11 is 1.58. The zero-order valence-corrected chi connectivity index (χ0v) is 20.2. The van der Waals surface area contributed by atoms with Crippen LogP contribution in [0.25, 0.3) is 10.6 Å². The van der Waals surface area contributed by atoms with Crippen molar-refractivity contribution in [1.82, 2.24) is 14.8 Å². The Bertz CT molecular complexity index is 1130. The minimum Gasteiger partial charge on any atom is -0.340 e. The molecule has 0 bridgehead atoms. The van der Waals surface area contributed by atoms with Gasteiger partial charge in [-0.05, 0) is 38.0 Å². The van der Waals surface area contributed by atoms with Gasteiger partial charge >= 0.3 is 0 Å². The molecule has 4 rings (SSSR count). The van der Waals surface area contributed by atoms with Gasteiger partial charge in [-0.3, -0.25) is 14.5 Å². The van der Waals surface area contributed by atoms with Crippen molar-refractivity contribution < 1.29 is 9.59 Å². The van der Waals surface area contributed by atoms with Crippen LogP contribution in [0.2, 0.25) is 0 Å². The standard InChI is InChI=1S/C26H30N4O2S/c1-18-6-4-9-21(14-18)26-27-22(17-33-26)15-24(32)30-12-10-29(11-13-30)16-23(31)28-25-19(2)7-5-8-20(25)3/h4-9,14,17H,10-13,15-16H2,1-3H3,(H,28,31). The Kier molecular flexibility index (Phi) is 7.20. The number of aromatic nitrogens is 1. The predicted molar refractivity (Wildman–Crippen MR) is 134 cm³/mol. The molecule has 3 aromatic rings. The largest absolute Gasteiger partial charge is 0.340 e. The zero-order chi connectivity index (χ0) is 23.4. The van der Waals surface area contributed by atoms with Crippen molar-refractivity contribution in [3.8, 4) is 10.6 Å². The highest BCUT2D eigenvalue weighted by molar-refractivity contribution is 7.13. The first-order chi connectivity index (χ1) is 15.9. The molecular weight excluding hydrogens is 432 g/mol. The van der Waals surface area contributed by atoms with Gasteiger partial charge in [0, 0.05) is 42.8 Å². The topological polar surface area (TPSA) is 65.5 Å². The van der Waals surface area contributed by atoms with Crippen LogP contribution in [0, 0.1) is 20.8 Å². The lowest BCUT2D eigenvalue weighted by Crippen LogP contribution is -2.50. The number of carbonyl (C=O) groups excluding carboxylic acids is 2. The van der Waals surface area contributed by atoms with E-state index in [9.17, 15) is 9.59 Å². The van der Waals surface area contributed by atoms with E-state index in [1.165, 1.54) is 5.56 Å². The highest BCUT2D eigenvalue weighted by Crippen LogP contribution is 2.25. The number of nitrogens with one attached hydrogen (secondary N) is 1. The van der Waals surface area contributed by atoms with Crippen LogP contribution in [0.5, 0.6) is 0 Å². The summed E-state index contributed by atoms with van der Waals surface area (Å²) in [5.41, 5.74) is 6.12. The Morgan fingerprint density at radius 1 is 1.00 bits per heavy atom. The lowest BCUT2D eigenvalue weighted by atomic mass is 10.1. The van der Waals surface area contributed by atoms with Crippen LogP contribution in [0.3, 0.4) is 0 Å². The maximum absolute atomic E-state index is 12.8. The molecule has 2 heterocycles. The third kappa shape index (κ3) is 5.86. The quantitative estimate of drug-likeness (QED) is 0.600. The fraction of sp³-hybridized carbons (Fsp3) is 0.346. The molecule has 1 N–H and O–H groups in total. The Hall–Kier alpha value is -3.03. The van der Waals surface area contributed by atoms with Gasteiger partial charge in [0.2, 0.25) is 11.8 Å². The van der Waals surface area contributed by atoms with Gasteiger partial charge in [-0.25, -0.2) is 4.98 Å². The fourth-order valence-electron chi connectivity index (χ4n) is 4.11. The molecule has 2 amide bonds. The molecule has 0 atom stereocenters. The second-order valence-corrected chi connectivity index (χ2v) is 9.52. The van der Waals surface area contributed by atoms with Crippen LogP contribution < -0.4 is 5.32 Å². The number of amides is 2. The summed E-state index contributed by atoms with van der Waals surface area (Å²) in [4.78, 5) is 34.0. The van der Waals surface area contributed by atoms with Crippen LogP contribution in [0.4, 0.5) is 5.69 Å². The molecule has 0 aliphatic carbocycles. The molecule has 1 saturated heterocycles. The highest BCUT2D eigenvalue weighted by Gasteiger charge is 2.23. The van der Waals surface area contributed by atoms with E-state index in [0.29, 0.717) is 39.1 Å². The average molecular weight is 463 g/mol. The van der Waals surface area contributed by atoms with Crippen molar-refractivity contribution in [2.24, 2.45) is 0 Å². The minimum atomic E-state index is -0.0154. The third-order valence-electron chi connectivity index (χ3n) is 5.99. The molecule has 1 aliphatic rings. The van der Waals surface area contributed by atoms with E-state index in [0.717, 1.165) is 33.1 Å². The Labute approximate surface area is 199 Å². The molecule has 2 aromatic carbocycles. The Morgan fingerprint density at radius 2 is 1.70 bits per heavy atom. The van der Waals surface area contributed by atoms with Gasteiger partial charge in [0.05, 0.1) is 18.7 Å². The summed E-state index contributed by atoms with van der Waals surface area (Å²) in [6, 6.07) is 14.2. The summed E-state index contributed by atoms with van der Waals surface area (Å²) < 4.78 is 0. The second kappa shape index (κ2) is 10.3. The first-order valence-corrected chi connectivity index (χ1v) is 12.1. The minimum absolute atomic E-state index is 0.0154. The first-order valence-electron chi connectivity index (χ1n) is 11.3. The van der Waals surface area contributed by atoms with Gasteiger partial charge in [0.1, 0.15) is 5.01 Å². The molecular formula is C26H30N4O2S. The highest BCUT2D eigenvalue weighted by atomic mass is 32.1. The van der Waals surface area contributed by atoms with Crippen LogP contribution in [-0.2, 0) is 16.0 Å². The number of para-hydroxylation sites is 1. The predicted octanol–water partition coefficient (Wildman–Crippen LogP) is 4.06. The van der Waals surface area contributed by atoms with Crippen molar-refractivity contribution >= 4 is 28.8 Å². The molecule has 1 aromatic heterocycles. The van der Waals surface area contributed by atoms with E-state index in [1.54, 1.807) is 11.3 Å². The third-order valence-corrected chi connectivity index (χ3v) is 6.93. The lowest BCUT2D eigenvalue weighted by molar-refractivity contribution is -0.132. The Balaban J connectivity index is 1.26. The van der Waals surface area contributed by atoms with Gasteiger partial charge in [-0.2, -0.15) is 0 Å². The molecule has 0 saturated carbocycles. The number of nitrogens with zero attached hydrogens (tertiary/aromatic N) is 3. The Morgan fingerprint density at radius 3 is 2.39 bits per heavy atom. The van der Waals surface area contributed by atoms with Crippen LogP contribution in [0.15, 0.2) is 47.8 Å². The number of benzene rings is 2. The number of carbonyl (C=O) groups is 2. The second-order valence-electron chi connectivity index (χ2n) is 8.66. The van der Waals surface area contributed by atoms with Gasteiger partial charge in [0.25, 0.3) is 0 Å². The van der Waals surface area contributed by atoms with Crippen molar-refractivity contribution in [2.75, 3.05) is 38.0 Å². The van der Waals surface area contributed by atoms with Crippen molar-refractivity contribution in [1.29, 1.82) is 0 Å². The lowest BCUT2D eigenvalue weighted by Gasteiger charge is -2.34. The van der Waals surface area contributed by atoms with E-state index in [2.05, 4.69) is 34.3 Å². The van der Waals surface area contributed by atoms with E-state index in [4.69, 9.17) is 0 Å². The van der Waals surface area contributed by atoms with Gasteiger partial charge in [0.15, 0.2) is 0 Å². The van der Waals surface area contributed by atoms with Crippen molar-refractivity contribution in [2.45, 2.75) is 27.2 Å². The number of aryl methyl sites for hydroxylation is 3. The summed E-state index contributed by atoms with van der Waals surface area (Å²) in [6.07, 6.45) is 0.315. The van der Waals surface area contributed by atoms with Crippen LogP contribution >= 0.6 is 11.3 Å². The number of piperazine rings is 1. The zero-order valence-electron chi connectivity index (χ0n) is 19.4. The van der Waals surface area contributed by atoms with E-state index >= 15 is 0 Å². The molecule has 172 valence electrons. The fourth-order valence-corrected chi connectivity index (χ4v) is 4.93. The number of thiazole rings is 1. The van der Waals surface area contributed by atoms with Gasteiger partial charge in [-0.15, -0.1) is 11.3 Å². The van der Waals surface area contributed by atoms with E-state index in [-0.39, 0.29) is 11.8 Å². The van der Waals surface area contributed by atoms with Gasteiger partial charge in [-0.1, -0.05) is 42.0 Å². The molecule has 7 heteroatoms. The monoisotopic (exact) mass is 462 g/mol. The molecule has 0 unspecified atom stereocenters. The number of hydrogen-bond donors (Lipinski definition) is 1. The molecule has 33 heavy (non-hydrogen) atoms. The van der Waals surface area contributed by atoms with Crippen molar-refractivity contribution in [3.05, 3.63) is 70.2 Å². The number of anilines is 1. The molecule has 0 spiro atoms. The summed E-state index contributed by atoms with van der Waals surface area (Å²) in [5, 5.41) is 5.96.